The number of carbonyl (C=O) groups excluding carboxylic acids is 1. The fourth-order valence-corrected chi connectivity index (χ4v) is 4.72. The fourth-order valence-electron chi connectivity index (χ4n) is 4.72. The molecule has 5 rings (SSSR count). The number of hydrogen-bond donors (Lipinski definition) is 1. The molecule has 33 heavy (non-hydrogen) atoms. The highest BCUT2D eigenvalue weighted by molar-refractivity contribution is 5.99. The Bertz CT molecular complexity index is 1190. The molecule has 2 atom stereocenters. The van der Waals surface area contributed by atoms with E-state index in [0.717, 1.165) is 10.2 Å². The summed E-state index contributed by atoms with van der Waals surface area (Å²) < 4.78 is 48.3. The van der Waals surface area contributed by atoms with Crippen LogP contribution < -0.4 is 10.1 Å². The van der Waals surface area contributed by atoms with E-state index in [9.17, 15) is 18.0 Å². The summed E-state index contributed by atoms with van der Waals surface area (Å²) in [5.41, 5.74) is 2.98. The molecule has 0 radical (unpaired) electrons. The molecule has 9 heteroatoms. The Labute approximate surface area is 189 Å². The third kappa shape index (κ3) is 3.81. The first-order chi connectivity index (χ1) is 15.9. The molecule has 3 aromatic rings. The fraction of sp³-hybridized carbons (Fsp3) is 0.333. The zero-order valence-electron chi connectivity index (χ0n) is 18.0. The van der Waals surface area contributed by atoms with Crippen molar-refractivity contribution in [2.45, 2.75) is 37.6 Å². The lowest BCUT2D eigenvalue weighted by molar-refractivity contribution is -0.173. The van der Waals surface area contributed by atoms with E-state index >= 15 is 0 Å². The van der Waals surface area contributed by atoms with Gasteiger partial charge in [-0.05, 0) is 23.6 Å². The number of benzene rings is 2. The molecular formula is C24H23F3N4O2. The smallest absolute Gasteiger partial charge is 0.410 e. The molecule has 0 saturated carbocycles. The van der Waals surface area contributed by atoms with Gasteiger partial charge in [-0.2, -0.15) is 18.3 Å². The Morgan fingerprint density at radius 2 is 1.85 bits per heavy atom. The van der Waals surface area contributed by atoms with Crippen molar-refractivity contribution >= 4 is 11.7 Å². The number of carbonyl (C=O) groups is 1. The number of rotatable bonds is 3. The molecular weight excluding hydrogens is 433 g/mol. The van der Waals surface area contributed by atoms with Crippen LogP contribution in [-0.4, -0.2) is 40.4 Å². The Morgan fingerprint density at radius 1 is 1.12 bits per heavy atom. The van der Waals surface area contributed by atoms with Crippen molar-refractivity contribution in [1.29, 1.82) is 0 Å². The van der Waals surface area contributed by atoms with Crippen molar-refractivity contribution in [2.75, 3.05) is 19.0 Å². The topological polar surface area (TPSA) is 59.4 Å². The molecule has 172 valence electrons. The van der Waals surface area contributed by atoms with Gasteiger partial charge in [0.25, 0.3) is 5.91 Å². The first-order valence-corrected chi connectivity index (χ1v) is 10.8. The first kappa shape index (κ1) is 21.4. The predicted molar refractivity (Wildman–Crippen MR) is 116 cm³/mol. The van der Waals surface area contributed by atoms with Gasteiger partial charge in [-0.25, -0.2) is 4.68 Å². The average Bonchev–Trinajstić information content (AvgIpc) is 3.25. The molecule has 0 fully saturated rings. The Balaban J connectivity index is 1.50. The van der Waals surface area contributed by atoms with Gasteiger partial charge >= 0.3 is 6.18 Å². The van der Waals surface area contributed by atoms with E-state index in [1.54, 1.807) is 29.2 Å². The van der Waals surface area contributed by atoms with Crippen molar-refractivity contribution in [1.82, 2.24) is 14.7 Å². The second kappa shape index (κ2) is 8.13. The molecule has 2 aromatic carbocycles. The van der Waals surface area contributed by atoms with Crippen LogP contribution in [0.1, 0.15) is 45.6 Å². The van der Waals surface area contributed by atoms with Gasteiger partial charge in [-0.15, -0.1) is 0 Å². The van der Waals surface area contributed by atoms with Gasteiger partial charge < -0.3 is 15.0 Å². The van der Waals surface area contributed by atoms with Crippen LogP contribution in [0.2, 0.25) is 0 Å². The third-order valence-electron chi connectivity index (χ3n) is 6.40. The maximum absolute atomic E-state index is 14.0. The minimum absolute atomic E-state index is 0.0864. The number of para-hydroxylation sites is 1. The number of nitrogens with zero attached hydrogens (tertiary/aromatic N) is 3. The van der Waals surface area contributed by atoms with E-state index < -0.39 is 18.3 Å². The summed E-state index contributed by atoms with van der Waals surface area (Å²) >= 11 is 0. The Morgan fingerprint density at radius 3 is 2.61 bits per heavy atom. The van der Waals surface area contributed by atoms with Gasteiger partial charge in [0.1, 0.15) is 17.1 Å². The highest BCUT2D eigenvalue weighted by atomic mass is 19.4. The number of amides is 1. The summed E-state index contributed by atoms with van der Waals surface area (Å²) in [6, 6.07) is 12.3. The molecule has 2 aliphatic rings. The van der Waals surface area contributed by atoms with E-state index in [-0.39, 0.29) is 23.7 Å². The van der Waals surface area contributed by atoms with Crippen LogP contribution in [0, 0.1) is 0 Å². The maximum atomic E-state index is 14.0. The van der Waals surface area contributed by atoms with E-state index in [1.807, 2.05) is 24.3 Å². The second-order valence-corrected chi connectivity index (χ2v) is 8.33. The van der Waals surface area contributed by atoms with Crippen molar-refractivity contribution in [3.63, 3.8) is 0 Å². The quantitative estimate of drug-likeness (QED) is 0.618. The number of alkyl halides is 3. The molecule has 1 N–H and O–H groups in total. The minimum Gasteiger partial charge on any atom is -0.496 e. The second-order valence-electron chi connectivity index (χ2n) is 8.33. The van der Waals surface area contributed by atoms with Gasteiger partial charge in [0, 0.05) is 25.1 Å². The van der Waals surface area contributed by atoms with Crippen molar-refractivity contribution in [2.24, 2.45) is 0 Å². The van der Waals surface area contributed by atoms with Gasteiger partial charge in [-0.1, -0.05) is 42.5 Å². The number of hydrogen-bond acceptors (Lipinski definition) is 4. The minimum atomic E-state index is -4.52. The largest absolute Gasteiger partial charge is 0.496 e. The number of aromatic nitrogens is 2. The van der Waals surface area contributed by atoms with Crippen LogP contribution >= 0.6 is 0 Å². The number of anilines is 1. The third-order valence-corrected chi connectivity index (χ3v) is 6.40. The van der Waals surface area contributed by atoms with Gasteiger partial charge in [-0.3, -0.25) is 4.79 Å². The molecule has 0 aliphatic carbocycles. The summed E-state index contributed by atoms with van der Waals surface area (Å²) in [4.78, 5) is 15.1. The summed E-state index contributed by atoms with van der Waals surface area (Å²) in [7, 11) is 1.48. The van der Waals surface area contributed by atoms with Crippen molar-refractivity contribution in [3.05, 3.63) is 77.0 Å². The van der Waals surface area contributed by atoms with E-state index in [4.69, 9.17) is 4.74 Å². The molecule has 0 saturated heterocycles. The average molecular weight is 456 g/mol. The summed E-state index contributed by atoms with van der Waals surface area (Å²) in [6.45, 7) is 0.914. The molecule has 0 spiro atoms. The number of halogens is 3. The Hall–Kier alpha value is -3.49. The van der Waals surface area contributed by atoms with Crippen LogP contribution in [0.15, 0.2) is 54.7 Å². The lowest BCUT2D eigenvalue weighted by atomic mass is 9.95. The summed E-state index contributed by atoms with van der Waals surface area (Å²) in [6.07, 6.45) is -2.83. The lowest BCUT2D eigenvalue weighted by Gasteiger charge is -2.35. The zero-order chi connectivity index (χ0) is 23.2. The van der Waals surface area contributed by atoms with Gasteiger partial charge in [0.05, 0.1) is 19.3 Å². The van der Waals surface area contributed by atoms with Crippen LogP contribution in [-0.2, 0) is 13.0 Å². The van der Waals surface area contributed by atoms with Gasteiger partial charge in [0.2, 0.25) is 0 Å². The summed E-state index contributed by atoms with van der Waals surface area (Å²) in [5.74, 6) is 0.243. The number of fused-ring (bicyclic) bond motifs is 2. The normalized spacial score (nSPS) is 19.9. The SMILES string of the molecule is COc1ccccc1C1CC(C(F)(F)F)n2ncc(C(=O)N3CCc4ccccc4C3)c2N1. The standard InChI is InChI=1S/C24H23F3N4O2/c1-33-20-9-5-4-8-17(20)19-12-21(24(25,26)27)31-22(29-19)18(13-28-31)23(32)30-11-10-15-6-2-3-7-16(15)14-30/h2-9,13,19,21,29H,10-12,14H2,1H3. The number of nitrogens with one attached hydrogen (secondary N) is 1. The highest BCUT2D eigenvalue weighted by Gasteiger charge is 2.48. The number of methoxy groups -OCH3 is 1. The van der Waals surface area contributed by atoms with E-state index in [2.05, 4.69) is 10.4 Å². The summed E-state index contributed by atoms with van der Waals surface area (Å²) in [5, 5.41) is 7.14. The predicted octanol–water partition coefficient (Wildman–Crippen LogP) is 4.75. The van der Waals surface area contributed by atoms with Gasteiger partial charge in [0.15, 0.2) is 6.04 Å². The molecule has 3 heterocycles. The molecule has 1 amide bonds. The Kier molecular flexibility index (Phi) is 5.26. The van der Waals surface area contributed by atoms with E-state index in [0.29, 0.717) is 30.8 Å². The van der Waals surface area contributed by atoms with E-state index in [1.165, 1.54) is 18.9 Å². The molecule has 1 aromatic heterocycles. The van der Waals surface area contributed by atoms with Crippen LogP contribution in [0.4, 0.5) is 19.0 Å². The highest BCUT2D eigenvalue weighted by Crippen LogP contribution is 2.46. The van der Waals surface area contributed by atoms with Crippen LogP contribution in [0.3, 0.4) is 0 Å². The monoisotopic (exact) mass is 456 g/mol. The van der Waals surface area contributed by atoms with Crippen molar-refractivity contribution in [3.8, 4) is 5.75 Å². The molecule has 2 aliphatic heterocycles. The first-order valence-electron chi connectivity index (χ1n) is 10.8. The van der Waals surface area contributed by atoms with Crippen LogP contribution in [0.5, 0.6) is 5.75 Å². The molecule has 0 bridgehead atoms. The zero-order valence-corrected chi connectivity index (χ0v) is 18.0. The van der Waals surface area contributed by atoms with Crippen molar-refractivity contribution < 1.29 is 22.7 Å². The van der Waals surface area contributed by atoms with Crippen LogP contribution in [0.25, 0.3) is 0 Å². The number of ether oxygens (including phenoxy) is 1. The maximum Gasteiger partial charge on any atom is 0.410 e. The molecule has 6 nitrogen and oxygen atoms in total. The lowest BCUT2D eigenvalue weighted by Crippen LogP contribution is -2.38. The molecule has 2 unspecified atom stereocenters.